The van der Waals surface area contributed by atoms with Crippen LogP contribution in [0.4, 0.5) is 0 Å². The van der Waals surface area contributed by atoms with E-state index in [0.717, 1.165) is 65.7 Å². The third kappa shape index (κ3) is 11.3. The van der Waals surface area contributed by atoms with Crippen molar-refractivity contribution in [3.8, 4) is 11.1 Å². The molecule has 4 aromatic rings. The molecule has 0 bridgehead atoms. The van der Waals surface area contributed by atoms with Crippen molar-refractivity contribution in [2.45, 2.75) is 83.1 Å². The zero-order valence-electron chi connectivity index (χ0n) is 28.8. The fraction of sp³-hybridized carbons (Fsp3) is 0.366. The number of likely N-dealkylation sites (N-methyl/N-ethyl adjacent to an activating group) is 1. The average Bonchev–Trinajstić information content (AvgIpc) is 3.15. The number of aliphatic hydroxyl groups excluding tert-OH is 1. The Labute approximate surface area is 295 Å². The second-order valence-electron chi connectivity index (χ2n) is 13.1. The summed E-state index contributed by atoms with van der Waals surface area (Å²) in [6.45, 7) is 2.01. The van der Waals surface area contributed by atoms with Gasteiger partial charge in [0.05, 0.1) is 18.8 Å². The Balaban J connectivity index is 1.22. The summed E-state index contributed by atoms with van der Waals surface area (Å²) in [5.74, 6) is -0.379. The third-order valence-electron chi connectivity index (χ3n) is 9.02. The van der Waals surface area contributed by atoms with Crippen LogP contribution < -0.4 is 10.8 Å². The summed E-state index contributed by atoms with van der Waals surface area (Å²) in [4.78, 5) is 25.9. The second-order valence-corrected chi connectivity index (χ2v) is 13.1. The van der Waals surface area contributed by atoms with Crippen LogP contribution in [0.15, 0.2) is 103 Å². The van der Waals surface area contributed by atoms with Crippen LogP contribution in [0, 0.1) is 0 Å². The van der Waals surface area contributed by atoms with Crippen LogP contribution in [0.3, 0.4) is 0 Å². The molecule has 9 heteroatoms. The van der Waals surface area contributed by atoms with Gasteiger partial charge in [-0.25, -0.2) is 5.48 Å². The highest BCUT2D eigenvalue weighted by Gasteiger charge is 2.33. The van der Waals surface area contributed by atoms with E-state index in [4.69, 9.17) is 14.7 Å². The Morgan fingerprint density at radius 3 is 2.14 bits per heavy atom. The van der Waals surface area contributed by atoms with E-state index in [9.17, 15) is 14.7 Å². The van der Waals surface area contributed by atoms with E-state index in [2.05, 4.69) is 65.8 Å². The van der Waals surface area contributed by atoms with Crippen LogP contribution in [0.1, 0.15) is 85.2 Å². The number of amides is 2. The minimum Gasteiger partial charge on any atom is -0.392 e. The lowest BCUT2D eigenvalue weighted by Crippen LogP contribution is -2.37. The Hall–Kier alpha value is -4.38. The van der Waals surface area contributed by atoms with Gasteiger partial charge in [0.1, 0.15) is 0 Å². The maximum atomic E-state index is 12.5. The first-order valence-electron chi connectivity index (χ1n) is 17.5. The van der Waals surface area contributed by atoms with Gasteiger partial charge in [-0.15, -0.1) is 0 Å². The highest BCUT2D eigenvalue weighted by atomic mass is 16.7. The number of hydroxylamine groups is 1. The number of benzene rings is 4. The molecule has 264 valence electrons. The fourth-order valence-corrected chi connectivity index (χ4v) is 6.34. The molecule has 1 heterocycles. The van der Waals surface area contributed by atoms with Gasteiger partial charge in [0.2, 0.25) is 11.8 Å². The first kappa shape index (κ1) is 36.9. The van der Waals surface area contributed by atoms with E-state index in [1.165, 1.54) is 5.56 Å². The van der Waals surface area contributed by atoms with Crippen molar-refractivity contribution in [1.29, 1.82) is 0 Å². The van der Waals surface area contributed by atoms with Crippen LogP contribution in [0.5, 0.6) is 0 Å². The molecule has 0 spiro atoms. The molecule has 4 N–H and O–H groups in total. The molecule has 0 saturated carbocycles. The Kier molecular flexibility index (Phi) is 14.1. The average molecular weight is 680 g/mol. The van der Waals surface area contributed by atoms with Gasteiger partial charge in [-0.1, -0.05) is 104 Å². The molecule has 1 aliphatic rings. The fourth-order valence-electron chi connectivity index (χ4n) is 6.34. The minimum absolute atomic E-state index is 0.00131. The predicted molar refractivity (Wildman–Crippen MR) is 193 cm³/mol. The smallest absolute Gasteiger partial charge is 0.243 e. The molecule has 5 rings (SSSR count). The predicted octanol–water partition coefficient (Wildman–Crippen LogP) is 6.99. The highest BCUT2D eigenvalue weighted by molar-refractivity contribution is 5.76. The summed E-state index contributed by atoms with van der Waals surface area (Å²) in [6.07, 6.45) is 3.78. The molecule has 0 unspecified atom stereocenters. The second kappa shape index (κ2) is 19.1. The van der Waals surface area contributed by atoms with Crippen molar-refractivity contribution in [2.24, 2.45) is 0 Å². The van der Waals surface area contributed by atoms with Crippen LogP contribution in [0.2, 0.25) is 0 Å². The molecule has 0 radical (unpaired) electrons. The zero-order valence-corrected chi connectivity index (χ0v) is 28.8. The first-order chi connectivity index (χ1) is 24.4. The quantitative estimate of drug-likeness (QED) is 0.0540. The molecule has 1 fully saturated rings. The molecule has 0 aliphatic carbocycles. The van der Waals surface area contributed by atoms with Crippen molar-refractivity contribution < 1.29 is 29.4 Å². The number of hydrogen-bond acceptors (Lipinski definition) is 7. The van der Waals surface area contributed by atoms with E-state index in [-0.39, 0.29) is 37.0 Å². The van der Waals surface area contributed by atoms with Crippen LogP contribution >= 0.6 is 0 Å². The molecule has 1 saturated heterocycles. The topological polar surface area (TPSA) is 120 Å². The molecular weight excluding hydrogens is 630 g/mol. The van der Waals surface area contributed by atoms with E-state index in [0.29, 0.717) is 25.8 Å². The van der Waals surface area contributed by atoms with E-state index >= 15 is 0 Å². The zero-order chi connectivity index (χ0) is 35.1. The maximum absolute atomic E-state index is 12.5. The highest BCUT2D eigenvalue weighted by Crippen LogP contribution is 2.39. The normalized spacial score (nSPS) is 17.4. The van der Waals surface area contributed by atoms with E-state index < -0.39 is 6.29 Å². The lowest BCUT2D eigenvalue weighted by Gasteiger charge is -2.38. The van der Waals surface area contributed by atoms with Gasteiger partial charge in [0.15, 0.2) is 6.29 Å². The van der Waals surface area contributed by atoms with Gasteiger partial charge in [0, 0.05) is 44.5 Å². The molecule has 0 aromatic heterocycles. The number of aliphatic hydroxyl groups is 1. The van der Waals surface area contributed by atoms with Crippen LogP contribution in [-0.2, 0) is 38.8 Å². The number of hydrogen-bond donors (Lipinski definition) is 4. The largest absolute Gasteiger partial charge is 0.392 e. The lowest BCUT2D eigenvalue weighted by atomic mass is 9.98. The summed E-state index contributed by atoms with van der Waals surface area (Å²) < 4.78 is 13.3. The first-order valence-corrected chi connectivity index (χ1v) is 17.5. The number of nitrogens with one attached hydrogen (secondary N) is 2. The summed E-state index contributed by atoms with van der Waals surface area (Å²) >= 11 is 0. The van der Waals surface area contributed by atoms with Crippen LogP contribution in [-0.4, -0.2) is 46.7 Å². The summed E-state index contributed by atoms with van der Waals surface area (Å²) in [6, 6.07) is 34.8. The van der Waals surface area contributed by atoms with Gasteiger partial charge >= 0.3 is 0 Å². The summed E-state index contributed by atoms with van der Waals surface area (Å²) in [5, 5.41) is 21.2. The van der Waals surface area contributed by atoms with Crippen molar-refractivity contribution in [3.05, 3.63) is 131 Å². The van der Waals surface area contributed by atoms with Crippen molar-refractivity contribution in [3.63, 3.8) is 0 Å². The van der Waals surface area contributed by atoms with Gasteiger partial charge in [-0.2, -0.15) is 0 Å². The van der Waals surface area contributed by atoms with Crippen molar-refractivity contribution >= 4 is 11.8 Å². The minimum atomic E-state index is -0.560. The van der Waals surface area contributed by atoms with Gasteiger partial charge in [-0.05, 0) is 65.4 Å². The monoisotopic (exact) mass is 679 g/mol. The van der Waals surface area contributed by atoms with Gasteiger partial charge < -0.3 is 19.9 Å². The Morgan fingerprint density at radius 1 is 0.740 bits per heavy atom. The Bertz CT molecular complexity index is 1650. The molecule has 9 nitrogen and oxygen atoms in total. The number of nitrogens with zero attached hydrogens (tertiary/aromatic N) is 1. The standard InChI is InChI=1S/C41H49N3O6/c1-44(27-30-11-5-4-6-12-30)28-37-25-38(33-21-19-31(29-45)20-22-33)50-41(49-37)36-16-10-15-35(24-36)34-14-9-13-32(23-34)26-42-39(46)17-7-2-3-8-18-40(47)43-48/h4-6,9-16,19-24,37-38,41,45,48H,2-3,7-8,17-18,25-29H2,1H3,(H,42,46)(H,43,47)/t37-,38+,41+/m0/s1. The van der Waals surface area contributed by atoms with Gasteiger partial charge in [0.25, 0.3) is 0 Å². The maximum Gasteiger partial charge on any atom is 0.243 e. The number of ether oxygens (including phenoxy) is 2. The van der Waals surface area contributed by atoms with Gasteiger partial charge in [-0.3, -0.25) is 19.7 Å². The third-order valence-corrected chi connectivity index (χ3v) is 9.02. The molecule has 1 aliphatic heterocycles. The summed E-state index contributed by atoms with van der Waals surface area (Å²) in [5.41, 5.74) is 8.83. The lowest BCUT2D eigenvalue weighted by molar-refractivity contribution is -0.252. The van der Waals surface area contributed by atoms with E-state index in [1.807, 2.05) is 54.6 Å². The van der Waals surface area contributed by atoms with Crippen molar-refractivity contribution in [2.75, 3.05) is 13.6 Å². The number of rotatable bonds is 17. The SMILES string of the molecule is CN(Cc1ccccc1)C[C@@H]1C[C@H](c2ccc(CO)cc2)O[C@H](c2cccc(-c3cccc(CNC(=O)CCCCCCC(=O)NO)c3)c2)O1. The molecule has 2 amide bonds. The Morgan fingerprint density at radius 2 is 1.42 bits per heavy atom. The molecule has 50 heavy (non-hydrogen) atoms. The van der Waals surface area contributed by atoms with Crippen LogP contribution in [0.25, 0.3) is 11.1 Å². The summed E-state index contributed by atoms with van der Waals surface area (Å²) in [7, 11) is 2.12. The number of carbonyl (C=O) groups excluding carboxylic acids is 2. The molecule has 4 aromatic carbocycles. The number of unbranched alkanes of at least 4 members (excludes halogenated alkanes) is 3. The van der Waals surface area contributed by atoms with Crippen molar-refractivity contribution in [1.82, 2.24) is 15.7 Å². The molecule has 3 atom stereocenters. The van der Waals surface area contributed by atoms with E-state index in [1.54, 1.807) is 5.48 Å². The molecular formula is C41H49N3O6. The number of carbonyl (C=O) groups is 2.